The molecule has 21 heavy (non-hydrogen) atoms. The summed E-state index contributed by atoms with van der Waals surface area (Å²) in [5.74, 6) is 0.0622. The van der Waals surface area contributed by atoms with Crippen LogP contribution in [0.25, 0.3) is 0 Å². The van der Waals surface area contributed by atoms with Gasteiger partial charge in [0, 0.05) is 12.5 Å². The molecule has 0 spiro atoms. The fourth-order valence-electron chi connectivity index (χ4n) is 2.06. The Balaban J connectivity index is 1.80. The molecule has 8 heteroatoms. The number of nitrogens with one attached hydrogen (secondary N) is 2. The van der Waals surface area contributed by atoms with Crippen LogP contribution in [0.3, 0.4) is 0 Å². The average molecular weight is 303 g/mol. The molecule has 0 bridgehead atoms. The van der Waals surface area contributed by atoms with Gasteiger partial charge >= 0.3 is 6.18 Å². The van der Waals surface area contributed by atoms with E-state index in [0.29, 0.717) is 18.0 Å². The van der Waals surface area contributed by atoms with E-state index >= 15 is 0 Å². The minimum atomic E-state index is -4.40. The van der Waals surface area contributed by atoms with E-state index < -0.39 is 12.8 Å². The second kappa shape index (κ2) is 6.75. The first-order valence-corrected chi connectivity index (χ1v) is 6.58. The Morgan fingerprint density at radius 3 is 2.86 bits per heavy atom. The van der Waals surface area contributed by atoms with Crippen molar-refractivity contribution in [2.75, 3.05) is 25.0 Å². The van der Waals surface area contributed by atoms with Gasteiger partial charge in [-0.15, -0.1) is 0 Å². The van der Waals surface area contributed by atoms with Crippen molar-refractivity contribution in [2.24, 2.45) is 5.92 Å². The Morgan fingerprint density at radius 2 is 2.29 bits per heavy atom. The summed E-state index contributed by atoms with van der Waals surface area (Å²) in [5.41, 5.74) is 0.435. The van der Waals surface area contributed by atoms with Crippen molar-refractivity contribution in [1.82, 2.24) is 10.3 Å². The van der Waals surface area contributed by atoms with E-state index in [1.54, 1.807) is 0 Å². The average Bonchev–Trinajstić information content (AvgIpc) is 2.89. The number of amides is 1. The van der Waals surface area contributed by atoms with E-state index in [2.05, 4.69) is 20.4 Å². The number of ether oxygens (including phenoxy) is 1. The third kappa shape index (κ3) is 5.58. The molecule has 116 valence electrons. The summed E-state index contributed by atoms with van der Waals surface area (Å²) in [6.07, 6.45) is -1.74. The van der Waals surface area contributed by atoms with E-state index in [0.717, 1.165) is 19.5 Å². The molecule has 1 aromatic heterocycles. The van der Waals surface area contributed by atoms with Crippen LogP contribution in [-0.4, -0.2) is 36.8 Å². The summed E-state index contributed by atoms with van der Waals surface area (Å²) in [6.45, 7) is 0.362. The molecule has 1 aliphatic rings. The van der Waals surface area contributed by atoms with E-state index in [9.17, 15) is 18.0 Å². The monoisotopic (exact) mass is 303 g/mol. The molecule has 0 saturated carbocycles. The van der Waals surface area contributed by atoms with Gasteiger partial charge in [0.1, 0.15) is 0 Å². The number of anilines is 1. The highest BCUT2D eigenvalue weighted by Gasteiger charge is 2.28. The maximum absolute atomic E-state index is 12.0. The minimum absolute atomic E-state index is 0.130. The van der Waals surface area contributed by atoms with Crippen LogP contribution in [0.15, 0.2) is 18.3 Å². The molecule has 0 aromatic carbocycles. The highest BCUT2D eigenvalue weighted by Crippen LogP contribution is 2.18. The molecular formula is C13H16F3N3O2. The predicted octanol–water partition coefficient (Wildman–Crippen LogP) is 1.96. The first kappa shape index (κ1) is 15.6. The highest BCUT2D eigenvalue weighted by atomic mass is 19.4. The van der Waals surface area contributed by atoms with Gasteiger partial charge in [0.25, 0.3) is 0 Å². The van der Waals surface area contributed by atoms with Crippen molar-refractivity contribution in [1.29, 1.82) is 0 Å². The van der Waals surface area contributed by atoms with Crippen molar-refractivity contribution in [3.63, 3.8) is 0 Å². The van der Waals surface area contributed by atoms with Gasteiger partial charge in [-0.05, 0) is 31.5 Å². The SMILES string of the molecule is O=C(CC1CCNC1)Nc1ccc(OCC(F)(F)F)nc1. The second-order valence-electron chi connectivity index (χ2n) is 4.90. The quantitative estimate of drug-likeness (QED) is 0.873. The fourth-order valence-corrected chi connectivity index (χ4v) is 2.06. The van der Waals surface area contributed by atoms with Crippen molar-refractivity contribution < 1.29 is 22.7 Å². The van der Waals surface area contributed by atoms with Crippen LogP contribution in [-0.2, 0) is 4.79 Å². The lowest BCUT2D eigenvalue weighted by Gasteiger charge is -2.10. The zero-order valence-electron chi connectivity index (χ0n) is 11.2. The third-order valence-electron chi connectivity index (χ3n) is 3.04. The molecule has 2 rings (SSSR count). The maximum Gasteiger partial charge on any atom is 0.422 e. The molecule has 1 aliphatic heterocycles. The van der Waals surface area contributed by atoms with Crippen molar-refractivity contribution in [3.05, 3.63) is 18.3 Å². The number of hydrogen-bond donors (Lipinski definition) is 2. The smallest absolute Gasteiger partial charge is 0.422 e. The molecule has 5 nitrogen and oxygen atoms in total. The summed E-state index contributed by atoms with van der Waals surface area (Å²) in [6, 6.07) is 2.75. The zero-order valence-corrected chi connectivity index (χ0v) is 11.2. The summed E-state index contributed by atoms with van der Waals surface area (Å²) < 4.78 is 40.4. The van der Waals surface area contributed by atoms with E-state index in [-0.39, 0.29) is 11.8 Å². The van der Waals surface area contributed by atoms with Crippen LogP contribution in [0.4, 0.5) is 18.9 Å². The lowest BCUT2D eigenvalue weighted by atomic mass is 10.0. The largest absolute Gasteiger partial charge is 0.468 e. The molecule has 0 aliphatic carbocycles. The Kier molecular flexibility index (Phi) is 5.00. The summed E-state index contributed by atoms with van der Waals surface area (Å²) in [7, 11) is 0. The number of alkyl halides is 3. The molecule has 1 amide bonds. The Bertz CT molecular complexity index is 471. The Hall–Kier alpha value is -1.83. The number of carbonyl (C=O) groups excluding carboxylic acids is 1. The van der Waals surface area contributed by atoms with Crippen molar-refractivity contribution >= 4 is 11.6 Å². The first-order valence-electron chi connectivity index (χ1n) is 6.58. The standard InChI is InChI=1S/C13H16F3N3O2/c14-13(15,16)8-21-12-2-1-10(7-18-12)19-11(20)5-9-3-4-17-6-9/h1-2,7,9,17H,3-6,8H2,(H,19,20). The molecule has 2 heterocycles. The number of rotatable bonds is 5. The van der Waals surface area contributed by atoms with Gasteiger partial charge in [-0.2, -0.15) is 13.2 Å². The minimum Gasteiger partial charge on any atom is -0.468 e. The lowest BCUT2D eigenvalue weighted by Crippen LogP contribution is -2.20. The number of aromatic nitrogens is 1. The van der Waals surface area contributed by atoms with E-state index in [4.69, 9.17) is 0 Å². The second-order valence-corrected chi connectivity index (χ2v) is 4.90. The molecule has 1 fully saturated rings. The predicted molar refractivity (Wildman–Crippen MR) is 70.0 cm³/mol. The zero-order chi connectivity index (χ0) is 15.3. The maximum atomic E-state index is 12.0. The van der Waals surface area contributed by atoms with Crippen LogP contribution >= 0.6 is 0 Å². The van der Waals surface area contributed by atoms with Crippen molar-refractivity contribution in [2.45, 2.75) is 19.0 Å². The fraction of sp³-hybridized carbons (Fsp3) is 0.538. The molecule has 1 aromatic rings. The van der Waals surface area contributed by atoms with Crippen LogP contribution in [0.1, 0.15) is 12.8 Å². The van der Waals surface area contributed by atoms with E-state index in [1.165, 1.54) is 18.3 Å². The normalized spacial score (nSPS) is 18.5. The lowest BCUT2D eigenvalue weighted by molar-refractivity contribution is -0.154. The molecule has 2 N–H and O–H groups in total. The Morgan fingerprint density at radius 1 is 1.48 bits per heavy atom. The summed E-state index contributed by atoms with van der Waals surface area (Å²) in [5, 5.41) is 5.84. The number of nitrogens with zero attached hydrogens (tertiary/aromatic N) is 1. The number of carbonyl (C=O) groups is 1. The van der Waals surface area contributed by atoms with E-state index in [1.807, 2.05) is 0 Å². The van der Waals surface area contributed by atoms with Gasteiger partial charge in [-0.3, -0.25) is 4.79 Å². The van der Waals surface area contributed by atoms with Crippen LogP contribution < -0.4 is 15.4 Å². The van der Waals surface area contributed by atoms with Gasteiger partial charge in [0.2, 0.25) is 11.8 Å². The molecule has 0 radical (unpaired) electrons. The van der Waals surface area contributed by atoms with Crippen LogP contribution in [0, 0.1) is 5.92 Å². The number of halogens is 3. The first-order chi connectivity index (χ1) is 9.92. The number of pyridine rings is 1. The molecular weight excluding hydrogens is 287 g/mol. The highest BCUT2D eigenvalue weighted by molar-refractivity contribution is 5.90. The van der Waals surface area contributed by atoms with Crippen LogP contribution in [0.2, 0.25) is 0 Å². The van der Waals surface area contributed by atoms with Gasteiger partial charge in [0.05, 0.1) is 11.9 Å². The topological polar surface area (TPSA) is 63.2 Å². The third-order valence-corrected chi connectivity index (χ3v) is 3.04. The molecule has 1 atom stereocenters. The van der Waals surface area contributed by atoms with Gasteiger partial charge in [0.15, 0.2) is 6.61 Å². The summed E-state index contributed by atoms with van der Waals surface area (Å²) in [4.78, 5) is 15.5. The van der Waals surface area contributed by atoms with Gasteiger partial charge in [-0.25, -0.2) is 4.98 Å². The van der Waals surface area contributed by atoms with Crippen LogP contribution in [0.5, 0.6) is 5.88 Å². The van der Waals surface area contributed by atoms with Crippen molar-refractivity contribution in [3.8, 4) is 5.88 Å². The number of hydrogen-bond acceptors (Lipinski definition) is 4. The van der Waals surface area contributed by atoms with Gasteiger partial charge < -0.3 is 15.4 Å². The molecule has 1 saturated heterocycles. The Labute approximate surface area is 119 Å². The summed E-state index contributed by atoms with van der Waals surface area (Å²) >= 11 is 0. The van der Waals surface area contributed by atoms with Gasteiger partial charge in [-0.1, -0.05) is 0 Å². The molecule has 1 unspecified atom stereocenters.